The molecule has 3 heteroatoms. The van der Waals surface area contributed by atoms with E-state index in [9.17, 15) is 0 Å². The highest BCUT2D eigenvalue weighted by Gasteiger charge is 2.12. The lowest BCUT2D eigenvalue weighted by atomic mass is 9.97. The molecule has 2 nitrogen and oxygen atoms in total. The quantitative estimate of drug-likeness (QED) is 0.882. The maximum Gasteiger partial charge on any atom is 0.0570 e. The second-order valence-corrected chi connectivity index (χ2v) is 4.63. The van der Waals surface area contributed by atoms with Crippen LogP contribution >= 0.6 is 11.6 Å². The van der Waals surface area contributed by atoms with Crippen LogP contribution in [0.4, 0.5) is 0 Å². The number of hydrogen-bond acceptors (Lipinski definition) is 2. The average molecular weight is 247 g/mol. The summed E-state index contributed by atoms with van der Waals surface area (Å²) in [6, 6.07) is 7.71. The minimum Gasteiger partial charge on any atom is -0.320 e. The molecule has 0 spiro atoms. The molecule has 0 bridgehead atoms. The van der Waals surface area contributed by atoms with Crippen LogP contribution in [0.1, 0.15) is 28.3 Å². The Labute approximate surface area is 106 Å². The van der Waals surface area contributed by atoms with Gasteiger partial charge in [-0.05, 0) is 48.2 Å². The van der Waals surface area contributed by atoms with Gasteiger partial charge in [0.25, 0.3) is 0 Å². The first-order valence-electron chi connectivity index (χ1n) is 5.51. The smallest absolute Gasteiger partial charge is 0.0570 e. The molecule has 2 aromatic rings. The van der Waals surface area contributed by atoms with Gasteiger partial charge in [0.2, 0.25) is 0 Å². The Morgan fingerprint density at radius 3 is 2.59 bits per heavy atom. The zero-order chi connectivity index (χ0) is 12.4. The number of hydrogen-bond donors (Lipinski definition) is 1. The van der Waals surface area contributed by atoms with Crippen molar-refractivity contribution in [2.24, 2.45) is 5.73 Å². The van der Waals surface area contributed by atoms with Gasteiger partial charge in [-0.1, -0.05) is 23.7 Å². The van der Waals surface area contributed by atoms with Crippen molar-refractivity contribution in [3.8, 4) is 0 Å². The molecule has 1 atom stereocenters. The van der Waals surface area contributed by atoms with E-state index >= 15 is 0 Å². The summed E-state index contributed by atoms with van der Waals surface area (Å²) < 4.78 is 0. The second kappa shape index (κ2) is 4.86. The number of nitrogens with zero attached hydrogens (tertiary/aromatic N) is 1. The van der Waals surface area contributed by atoms with Crippen molar-refractivity contribution in [3.05, 3.63) is 63.9 Å². The Morgan fingerprint density at radius 2 is 1.94 bits per heavy atom. The third-order valence-corrected chi connectivity index (χ3v) is 3.38. The number of aryl methyl sites for hydroxylation is 2. The summed E-state index contributed by atoms with van der Waals surface area (Å²) in [5, 5.41) is 0.750. The predicted octanol–water partition coefficient (Wildman–Crippen LogP) is 3.40. The van der Waals surface area contributed by atoms with Crippen molar-refractivity contribution in [1.82, 2.24) is 4.98 Å². The van der Waals surface area contributed by atoms with Gasteiger partial charge < -0.3 is 5.73 Å². The molecule has 2 rings (SSSR count). The van der Waals surface area contributed by atoms with Gasteiger partial charge in [-0.15, -0.1) is 0 Å². The summed E-state index contributed by atoms with van der Waals surface area (Å²) in [6.45, 7) is 4.01. The molecule has 88 valence electrons. The van der Waals surface area contributed by atoms with E-state index in [1.807, 2.05) is 44.3 Å². The van der Waals surface area contributed by atoms with Crippen LogP contribution in [0.2, 0.25) is 5.02 Å². The number of aromatic nitrogens is 1. The Morgan fingerprint density at radius 1 is 1.18 bits per heavy atom. The van der Waals surface area contributed by atoms with E-state index in [1.54, 1.807) is 6.20 Å². The van der Waals surface area contributed by atoms with Crippen LogP contribution in [0, 0.1) is 13.8 Å². The van der Waals surface area contributed by atoms with E-state index in [2.05, 4.69) is 4.98 Å². The minimum atomic E-state index is -0.179. The van der Waals surface area contributed by atoms with E-state index in [-0.39, 0.29) is 6.04 Å². The number of nitrogens with two attached hydrogens (primary N) is 1. The molecule has 2 N–H and O–H groups in total. The fourth-order valence-electron chi connectivity index (χ4n) is 1.78. The van der Waals surface area contributed by atoms with Gasteiger partial charge in [0.1, 0.15) is 0 Å². The fraction of sp³-hybridized carbons (Fsp3) is 0.214. The Hall–Kier alpha value is -1.38. The highest BCUT2D eigenvalue weighted by Crippen LogP contribution is 2.25. The second-order valence-electron chi connectivity index (χ2n) is 4.22. The molecule has 0 saturated heterocycles. The molecule has 0 aliphatic heterocycles. The number of benzene rings is 1. The van der Waals surface area contributed by atoms with Gasteiger partial charge in [0.15, 0.2) is 0 Å². The van der Waals surface area contributed by atoms with Crippen LogP contribution in [-0.4, -0.2) is 4.98 Å². The average Bonchev–Trinajstić information content (AvgIpc) is 2.32. The van der Waals surface area contributed by atoms with Crippen molar-refractivity contribution >= 4 is 11.6 Å². The van der Waals surface area contributed by atoms with Gasteiger partial charge in [0.05, 0.1) is 6.04 Å². The molecule has 0 radical (unpaired) electrons. The van der Waals surface area contributed by atoms with Gasteiger partial charge in [-0.2, -0.15) is 0 Å². The van der Waals surface area contributed by atoms with Crippen LogP contribution in [-0.2, 0) is 0 Å². The summed E-state index contributed by atoms with van der Waals surface area (Å²) in [6.07, 6.45) is 3.58. The lowest BCUT2D eigenvalue weighted by Crippen LogP contribution is -2.13. The molecule has 0 aliphatic rings. The topological polar surface area (TPSA) is 38.9 Å². The van der Waals surface area contributed by atoms with E-state index in [0.717, 1.165) is 27.3 Å². The summed E-state index contributed by atoms with van der Waals surface area (Å²) in [7, 11) is 0. The van der Waals surface area contributed by atoms with Crippen LogP contribution in [0.15, 0.2) is 36.7 Å². The van der Waals surface area contributed by atoms with Gasteiger partial charge in [0, 0.05) is 17.4 Å². The molecular weight excluding hydrogens is 232 g/mol. The summed E-state index contributed by atoms with van der Waals surface area (Å²) in [4.78, 5) is 4.12. The summed E-state index contributed by atoms with van der Waals surface area (Å²) in [5.41, 5.74) is 10.5. The highest BCUT2D eigenvalue weighted by molar-refractivity contribution is 6.31. The maximum absolute atomic E-state index is 6.24. The van der Waals surface area contributed by atoms with Crippen LogP contribution < -0.4 is 5.73 Å². The van der Waals surface area contributed by atoms with E-state index in [4.69, 9.17) is 17.3 Å². The first-order chi connectivity index (χ1) is 8.09. The molecule has 0 saturated carbocycles. The van der Waals surface area contributed by atoms with Crippen LogP contribution in [0.25, 0.3) is 0 Å². The summed E-state index contributed by atoms with van der Waals surface area (Å²) >= 11 is 6.11. The van der Waals surface area contributed by atoms with Gasteiger partial charge >= 0.3 is 0 Å². The molecule has 17 heavy (non-hydrogen) atoms. The lowest BCUT2D eigenvalue weighted by Gasteiger charge is -2.15. The van der Waals surface area contributed by atoms with E-state index in [0.29, 0.717) is 0 Å². The van der Waals surface area contributed by atoms with Crippen LogP contribution in [0.3, 0.4) is 0 Å². The zero-order valence-corrected chi connectivity index (χ0v) is 10.7. The Bertz CT molecular complexity index is 537. The lowest BCUT2D eigenvalue weighted by molar-refractivity contribution is 0.852. The standard InChI is InChI=1S/C14H15ClN2/c1-9-5-6-17-8-12(9)14(16)11-4-3-10(2)13(15)7-11/h3-8,14H,16H2,1-2H3. The van der Waals surface area contributed by atoms with Crippen molar-refractivity contribution in [1.29, 1.82) is 0 Å². The first-order valence-corrected chi connectivity index (χ1v) is 5.89. The van der Waals surface area contributed by atoms with Gasteiger partial charge in [-0.25, -0.2) is 0 Å². The van der Waals surface area contributed by atoms with Crippen molar-refractivity contribution in [2.75, 3.05) is 0 Å². The van der Waals surface area contributed by atoms with E-state index in [1.165, 1.54) is 0 Å². The molecule has 1 unspecified atom stereocenters. The van der Waals surface area contributed by atoms with E-state index < -0.39 is 0 Å². The van der Waals surface area contributed by atoms with Crippen molar-refractivity contribution in [2.45, 2.75) is 19.9 Å². The number of rotatable bonds is 2. The fourth-order valence-corrected chi connectivity index (χ4v) is 1.97. The molecule has 0 amide bonds. The summed E-state index contributed by atoms with van der Waals surface area (Å²) in [5.74, 6) is 0. The molecule has 0 fully saturated rings. The van der Waals surface area contributed by atoms with Crippen LogP contribution in [0.5, 0.6) is 0 Å². The highest BCUT2D eigenvalue weighted by atomic mass is 35.5. The number of halogens is 1. The molecule has 1 heterocycles. The zero-order valence-electron chi connectivity index (χ0n) is 9.94. The largest absolute Gasteiger partial charge is 0.320 e. The normalized spacial score (nSPS) is 12.5. The Balaban J connectivity index is 2.40. The maximum atomic E-state index is 6.24. The van der Waals surface area contributed by atoms with Crippen molar-refractivity contribution in [3.63, 3.8) is 0 Å². The Kier molecular flexibility index (Phi) is 3.46. The van der Waals surface area contributed by atoms with Crippen molar-refractivity contribution < 1.29 is 0 Å². The monoisotopic (exact) mass is 246 g/mol. The third kappa shape index (κ3) is 2.48. The molecular formula is C14H15ClN2. The van der Waals surface area contributed by atoms with Gasteiger partial charge in [-0.3, -0.25) is 4.98 Å². The molecule has 0 aliphatic carbocycles. The number of pyridine rings is 1. The molecule has 1 aromatic heterocycles. The SMILES string of the molecule is Cc1ccc(C(N)c2cnccc2C)cc1Cl. The first kappa shape index (κ1) is 12.1. The molecule has 1 aromatic carbocycles. The third-order valence-electron chi connectivity index (χ3n) is 2.97. The predicted molar refractivity (Wildman–Crippen MR) is 71.2 cm³/mol. The minimum absolute atomic E-state index is 0.179.